The minimum atomic E-state index is -0.280. The van der Waals surface area contributed by atoms with Gasteiger partial charge < -0.3 is 5.32 Å². The van der Waals surface area contributed by atoms with Crippen LogP contribution >= 0.6 is 24.0 Å². The Bertz CT molecular complexity index is 1710. The molecule has 11 heteroatoms. The second kappa shape index (κ2) is 9.16. The van der Waals surface area contributed by atoms with E-state index < -0.39 is 0 Å². The highest BCUT2D eigenvalue weighted by Crippen LogP contribution is 2.32. The molecule has 8 nitrogen and oxygen atoms in total. The van der Waals surface area contributed by atoms with Gasteiger partial charge in [0.1, 0.15) is 11.6 Å². The molecular weight excluding hydrogens is 516 g/mol. The van der Waals surface area contributed by atoms with Gasteiger partial charge in [-0.15, -0.1) is 12.4 Å². The van der Waals surface area contributed by atoms with E-state index in [0.717, 1.165) is 35.1 Å². The lowest BCUT2D eigenvalue weighted by molar-refractivity contribution is 0.536. The Labute approximate surface area is 223 Å². The lowest BCUT2D eigenvalue weighted by Crippen LogP contribution is -2.30. The quantitative estimate of drug-likeness (QED) is 0.358. The molecule has 5 aromatic rings. The van der Waals surface area contributed by atoms with Gasteiger partial charge in [-0.2, -0.15) is 10.2 Å². The van der Waals surface area contributed by atoms with E-state index in [2.05, 4.69) is 17.3 Å². The minimum Gasteiger partial charge on any atom is -0.310 e. The first-order chi connectivity index (χ1) is 17.3. The Morgan fingerprint density at radius 3 is 2.57 bits per heavy atom. The zero-order valence-electron chi connectivity index (χ0n) is 20.8. The number of nitrogens with one attached hydrogen (secondary N) is 1. The molecular formula is C26H26Cl2FN7O. The molecule has 1 aliphatic rings. The van der Waals surface area contributed by atoms with E-state index in [9.17, 15) is 9.18 Å². The Kier molecular flexibility index (Phi) is 6.26. The number of fused-ring (bicyclic) bond motifs is 2. The molecule has 0 saturated carbocycles. The maximum atomic E-state index is 14.4. The molecule has 4 heterocycles. The summed E-state index contributed by atoms with van der Waals surface area (Å²) in [7, 11) is 1.85. The van der Waals surface area contributed by atoms with E-state index in [1.165, 1.54) is 4.57 Å². The highest BCUT2D eigenvalue weighted by molar-refractivity contribution is 6.37. The number of imidazole rings is 1. The molecule has 37 heavy (non-hydrogen) atoms. The zero-order chi connectivity index (χ0) is 25.3. The van der Waals surface area contributed by atoms with Gasteiger partial charge in [0.05, 0.1) is 33.8 Å². The van der Waals surface area contributed by atoms with Gasteiger partial charge in [-0.1, -0.05) is 11.6 Å². The summed E-state index contributed by atoms with van der Waals surface area (Å²) in [6, 6.07) is 7.23. The first-order valence-electron chi connectivity index (χ1n) is 11.8. The number of halogens is 3. The molecule has 2 aromatic carbocycles. The van der Waals surface area contributed by atoms with Crippen molar-refractivity contribution in [3.63, 3.8) is 0 Å². The molecule has 3 aromatic heterocycles. The van der Waals surface area contributed by atoms with Crippen LogP contribution in [0.15, 0.2) is 47.7 Å². The topological polar surface area (TPSA) is 74.6 Å². The first kappa shape index (κ1) is 25.3. The molecule has 6 rings (SSSR count). The predicted molar refractivity (Wildman–Crippen MR) is 145 cm³/mol. The summed E-state index contributed by atoms with van der Waals surface area (Å²) in [4.78, 5) is 13.9. The summed E-state index contributed by atoms with van der Waals surface area (Å²) in [6.07, 6.45) is 5.86. The standard InChI is InChI=1S/C26H25ClFN7O.ClH/c1-14-11-17(12-15(2)24(14)28)35-25(22-16(3)29-8-7-19(22)31-35)34-10-9-33(26(34)36)21-6-5-20-18(23(21)27)13-30-32(20)4;/h5-6,9-13,16,29H,7-8H2,1-4H3;1H/t16-;/m0./s1. The lowest BCUT2D eigenvalue weighted by atomic mass is 10.0. The van der Waals surface area contributed by atoms with E-state index in [0.29, 0.717) is 33.3 Å². The van der Waals surface area contributed by atoms with Crippen LogP contribution in [0.25, 0.3) is 28.1 Å². The van der Waals surface area contributed by atoms with E-state index in [1.807, 2.05) is 19.2 Å². The monoisotopic (exact) mass is 541 g/mol. The second-order valence-corrected chi connectivity index (χ2v) is 9.71. The van der Waals surface area contributed by atoms with E-state index >= 15 is 0 Å². The SMILES string of the molecule is Cc1cc(-n2nc3c(c2-n2ccn(-c4ccc5c(cnn5C)c4Cl)c2=O)[C@H](C)NCC3)cc(C)c1F.Cl. The lowest BCUT2D eigenvalue weighted by Gasteiger charge is -2.21. The smallest absolute Gasteiger partial charge is 0.310 e. The molecule has 1 aliphatic heterocycles. The summed E-state index contributed by atoms with van der Waals surface area (Å²) in [6.45, 7) is 6.32. The summed E-state index contributed by atoms with van der Waals surface area (Å²) in [5.41, 5.74) is 4.80. The molecule has 0 saturated heterocycles. The van der Waals surface area contributed by atoms with Crippen LogP contribution in [-0.2, 0) is 13.5 Å². The van der Waals surface area contributed by atoms with E-state index in [1.54, 1.807) is 58.5 Å². The van der Waals surface area contributed by atoms with Crippen molar-refractivity contribution in [3.05, 3.63) is 86.6 Å². The molecule has 192 valence electrons. The molecule has 0 fully saturated rings. The third-order valence-electron chi connectivity index (χ3n) is 6.99. The fourth-order valence-corrected chi connectivity index (χ4v) is 5.45. The number of aryl methyl sites for hydroxylation is 3. The van der Waals surface area contributed by atoms with Crippen molar-refractivity contribution in [2.24, 2.45) is 7.05 Å². The molecule has 1 atom stereocenters. The number of hydrogen-bond donors (Lipinski definition) is 1. The average molecular weight is 542 g/mol. The van der Waals surface area contributed by atoms with Gasteiger partial charge in [0.25, 0.3) is 0 Å². The van der Waals surface area contributed by atoms with Gasteiger partial charge in [-0.3, -0.25) is 13.8 Å². The number of hydrogen-bond acceptors (Lipinski definition) is 4. The zero-order valence-corrected chi connectivity index (χ0v) is 22.4. The average Bonchev–Trinajstić information content (AvgIpc) is 3.53. The van der Waals surface area contributed by atoms with Gasteiger partial charge in [0.2, 0.25) is 0 Å². The summed E-state index contributed by atoms with van der Waals surface area (Å²) in [5.74, 6) is 0.397. The number of nitrogens with zero attached hydrogens (tertiary/aromatic N) is 6. The summed E-state index contributed by atoms with van der Waals surface area (Å²) < 4.78 is 21.0. The van der Waals surface area contributed by atoms with Crippen molar-refractivity contribution in [2.45, 2.75) is 33.2 Å². The van der Waals surface area contributed by atoms with Crippen molar-refractivity contribution in [1.82, 2.24) is 34.0 Å². The van der Waals surface area contributed by atoms with Crippen molar-refractivity contribution >= 4 is 34.9 Å². The predicted octanol–water partition coefficient (Wildman–Crippen LogP) is 4.74. The third-order valence-corrected chi connectivity index (χ3v) is 7.39. The van der Waals surface area contributed by atoms with Gasteiger partial charge in [0.15, 0.2) is 0 Å². The van der Waals surface area contributed by atoms with Crippen LogP contribution in [-0.4, -0.2) is 35.2 Å². The molecule has 0 amide bonds. The van der Waals surface area contributed by atoms with Crippen LogP contribution in [0.2, 0.25) is 5.02 Å². The number of aromatic nitrogens is 6. The summed E-state index contributed by atoms with van der Waals surface area (Å²) >= 11 is 6.73. The van der Waals surface area contributed by atoms with Crippen LogP contribution in [0.1, 0.15) is 35.3 Å². The van der Waals surface area contributed by atoms with Gasteiger partial charge in [0, 0.05) is 49.4 Å². The highest BCUT2D eigenvalue weighted by atomic mass is 35.5. The maximum absolute atomic E-state index is 14.4. The number of rotatable bonds is 3. The molecule has 0 unspecified atom stereocenters. The Balaban J connectivity index is 0.00000280. The second-order valence-electron chi connectivity index (χ2n) is 9.34. The van der Waals surface area contributed by atoms with Crippen LogP contribution in [0.3, 0.4) is 0 Å². The van der Waals surface area contributed by atoms with Crippen LogP contribution in [0.5, 0.6) is 0 Å². The first-order valence-corrected chi connectivity index (χ1v) is 12.2. The highest BCUT2D eigenvalue weighted by Gasteiger charge is 2.29. The fourth-order valence-electron chi connectivity index (χ4n) is 5.15. The van der Waals surface area contributed by atoms with Crippen molar-refractivity contribution in [3.8, 4) is 17.2 Å². The molecule has 0 aliphatic carbocycles. The fraction of sp³-hybridized carbons (Fsp3) is 0.269. The molecule has 0 radical (unpaired) electrons. The third kappa shape index (κ3) is 3.80. The summed E-state index contributed by atoms with van der Waals surface area (Å²) in [5, 5.41) is 13.9. The van der Waals surface area contributed by atoms with Crippen molar-refractivity contribution in [2.75, 3.05) is 6.54 Å². The largest absolute Gasteiger partial charge is 0.338 e. The van der Waals surface area contributed by atoms with E-state index in [4.69, 9.17) is 16.7 Å². The Morgan fingerprint density at radius 2 is 1.84 bits per heavy atom. The van der Waals surface area contributed by atoms with Crippen molar-refractivity contribution < 1.29 is 4.39 Å². The molecule has 0 bridgehead atoms. The van der Waals surface area contributed by atoms with Crippen LogP contribution in [0.4, 0.5) is 4.39 Å². The minimum absolute atomic E-state index is 0. The van der Waals surface area contributed by atoms with Crippen LogP contribution < -0.4 is 11.0 Å². The van der Waals surface area contributed by atoms with Gasteiger partial charge in [-0.25, -0.2) is 13.9 Å². The van der Waals surface area contributed by atoms with Gasteiger partial charge >= 0.3 is 5.69 Å². The Hall–Kier alpha value is -3.40. The molecule has 0 spiro atoms. The number of benzene rings is 2. The van der Waals surface area contributed by atoms with Gasteiger partial charge in [-0.05, 0) is 56.2 Å². The van der Waals surface area contributed by atoms with Crippen LogP contribution in [0, 0.1) is 19.7 Å². The maximum Gasteiger partial charge on any atom is 0.338 e. The normalized spacial score (nSPS) is 15.1. The Morgan fingerprint density at radius 1 is 1.14 bits per heavy atom. The van der Waals surface area contributed by atoms with E-state index in [-0.39, 0.29) is 30.0 Å². The van der Waals surface area contributed by atoms with Crippen molar-refractivity contribution in [1.29, 1.82) is 0 Å². The molecule has 1 N–H and O–H groups in total.